The van der Waals surface area contributed by atoms with Gasteiger partial charge in [-0.15, -0.1) is 0 Å². The lowest BCUT2D eigenvalue weighted by atomic mass is 9.65. The molecule has 354 valence electrons. The quantitative estimate of drug-likeness (QED) is 0.155. The van der Waals surface area contributed by atoms with E-state index in [2.05, 4.69) is 299 Å². The van der Waals surface area contributed by atoms with E-state index in [-0.39, 0.29) is 0 Å². The van der Waals surface area contributed by atoms with E-state index >= 15 is 0 Å². The van der Waals surface area contributed by atoms with Gasteiger partial charge in [-0.3, -0.25) is 0 Å². The molecule has 3 heteroatoms. The van der Waals surface area contributed by atoms with Gasteiger partial charge in [0.1, 0.15) is 0 Å². The van der Waals surface area contributed by atoms with Crippen molar-refractivity contribution in [2.75, 3.05) is 4.90 Å². The Morgan fingerprint density at radius 2 is 0.829 bits per heavy atom. The van der Waals surface area contributed by atoms with Crippen LogP contribution in [-0.2, 0) is 5.41 Å². The molecule has 3 nitrogen and oxygen atoms in total. The summed E-state index contributed by atoms with van der Waals surface area (Å²) in [6.45, 7) is 0. The summed E-state index contributed by atoms with van der Waals surface area (Å²) in [5.41, 5.74) is 24.7. The van der Waals surface area contributed by atoms with Crippen LogP contribution < -0.4 is 4.90 Å². The molecule has 76 heavy (non-hydrogen) atoms. The number of para-hydroxylation sites is 6. The van der Waals surface area contributed by atoms with E-state index in [1.165, 1.54) is 105 Å². The molecule has 0 fully saturated rings. The third-order valence-electron chi connectivity index (χ3n) is 16.5. The Bertz CT molecular complexity index is 4640. The normalized spacial score (nSPS) is 14.1. The molecule has 1 spiro atoms. The first kappa shape index (κ1) is 42.5. The molecular weight excluding hydrogens is 919 g/mol. The molecule has 0 saturated heterocycles. The summed E-state index contributed by atoms with van der Waals surface area (Å²) in [4.78, 5) is 2.54. The molecular formula is C73H47N3. The van der Waals surface area contributed by atoms with Crippen LogP contribution in [0.1, 0.15) is 22.3 Å². The van der Waals surface area contributed by atoms with Crippen LogP contribution in [0.3, 0.4) is 0 Å². The van der Waals surface area contributed by atoms with E-state index < -0.39 is 5.41 Å². The molecule has 14 aromatic rings. The lowest BCUT2D eigenvalue weighted by molar-refractivity contribution is 0.748. The highest BCUT2D eigenvalue weighted by molar-refractivity contribution is 6.14. The molecule has 2 aliphatic rings. The molecule has 3 heterocycles. The van der Waals surface area contributed by atoms with Gasteiger partial charge in [-0.05, 0) is 116 Å². The van der Waals surface area contributed by atoms with Gasteiger partial charge < -0.3 is 14.0 Å². The second kappa shape index (κ2) is 16.5. The molecule has 1 atom stereocenters. The maximum Gasteiger partial charge on any atom is 0.0755 e. The third-order valence-corrected chi connectivity index (χ3v) is 16.5. The van der Waals surface area contributed by atoms with Gasteiger partial charge in [0.05, 0.1) is 44.5 Å². The molecule has 2 aromatic heterocycles. The largest absolute Gasteiger partial charge is 0.309 e. The minimum absolute atomic E-state index is 0.599. The van der Waals surface area contributed by atoms with Crippen LogP contribution in [0.2, 0.25) is 0 Å². The Kier molecular flexibility index (Phi) is 9.25. The summed E-state index contributed by atoms with van der Waals surface area (Å²) in [5.74, 6) is 0. The molecule has 1 unspecified atom stereocenters. The van der Waals surface area contributed by atoms with Crippen molar-refractivity contribution in [2.24, 2.45) is 0 Å². The number of nitrogens with zero attached hydrogens (tertiary/aromatic N) is 3. The Morgan fingerprint density at radius 3 is 1.63 bits per heavy atom. The number of rotatable bonds is 7. The van der Waals surface area contributed by atoms with Crippen molar-refractivity contribution in [1.82, 2.24) is 9.13 Å². The number of aromatic nitrogens is 2. The average molecular weight is 966 g/mol. The van der Waals surface area contributed by atoms with Crippen LogP contribution in [0, 0.1) is 0 Å². The van der Waals surface area contributed by atoms with E-state index in [4.69, 9.17) is 0 Å². The molecule has 1 aliphatic heterocycles. The molecule has 12 aromatic carbocycles. The number of anilines is 3. The van der Waals surface area contributed by atoms with Crippen molar-refractivity contribution < 1.29 is 0 Å². The molecule has 0 saturated carbocycles. The van der Waals surface area contributed by atoms with E-state index in [1.807, 2.05) is 0 Å². The van der Waals surface area contributed by atoms with Gasteiger partial charge in [-0.2, -0.15) is 0 Å². The van der Waals surface area contributed by atoms with Gasteiger partial charge in [0.15, 0.2) is 0 Å². The number of hydrogen-bond acceptors (Lipinski definition) is 1. The standard InChI is InChI=1S/C73H47N3/c1-3-21-49(22-4-1)53-25-7-8-26-54(53)55-27-10-15-36-65(55)74(52-44-41-48(42-45-52)50-43-46-58-56-28-11-16-37-66(56)75(70(58)47-50)51-23-5-2-6-24-51)69-40-20-34-63-71(69)60-30-9-13-32-61(60)73(63)62-33-14-18-39-68(62)76-67-38-17-12-29-57(67)59-31-19-35-64(73)72(59)76/h1-47H. The van der Waals surface area contributed by atoms with Gasteiger partial charge in [0.2, 0.25) is 0 Å². The van der Waals surface area contributed by atoms with Crippen LogP contribution in [0.5, 0.6) is 0 Å². The second-order valence-electron chi connectivity index (χ2n) is 20.3. The second-order valence-corrected chi connectivity index (χ2v) is 20.3. The van der Waals surface area contributed by atoms with Gasteiger partial charge in [-0.25, -0.2) is 0 Å². The predicted molar refractivity (Wildman–Crippen MR) is 317 cm³/mol. The lowest BCUT2D eigenvalue weighted by Gasteiger charge is -2.39. The van der Waals surface area contributed by atoms with Crippen molar-refractivity contribution in [3.8, 4) is 55.9 Å². The van der Waals surface area contributed by atoms with E-state index in [9.17, 15) is 0 Å². The van der Waals surface area contributed by atoms with E-state index in [0.717, 1.165) is 33.9 Å². The Hall–Kier alpha value is -9.96. The predicted octanol–water partition coefficient (Wildman–Crippen LogP) is 19.0. The zero-order valence-electron chi connectivity index (χ0n) is 41.5. The van der Waals surface area contributed by atoms with Gasteiger partial charge in [-0.1, -0.05) is 224 Å². The fourth-order valence-electron chi connectivity index (χ4n) is 13.5. The molecule has 0 radical (unpaired) electrons. The fraction of sp³-hybridized carbons (Fsp3) is 0.0137. The van der Waals surface area contributed by atoms with Crippen molar-refractivity contribution in [3.05, 3.63) is 307 Å². The third kappa shape index (κ3) is 5.94. The highest BCUT2D eigenvalue weighted by Gasteiger charge is 2.51. The summed E-state index contributed by atoms with van der Waals surface area (Å²) in [6.07, 6.45) is 0. The van der Waals surface area contributed by atoms with Crippen LogP contribution in [0.25, 0.3) is 99.5 Å². The minimum atomic E-state index is -0.599. The smallest absolute Gasteiger partial charge is 0.0755 e. The van der Waals surface area contributed by atoms with Gasteiger partial charge >= 0.3 is 0 Å². The van der Waals surface area contributed by atoms with Crippen molar-refractivity contribution in [3.63, 3.8) is 0 Å². The Morgan fingerprint density at radius 1 is 0.289 bits per heavy atom. The highest BCUT2D eigenvalue weighted by atomic mass is 15.1. The maximum atomic E-state index is 2.54. The molecule has 16 rings (SSSR count). The van der Waals surface area contributed by atoms with Crippen LogP contribution in [-0.4, -0.2) is 9.13 Å². The van der Waals surface area contributed by atoms with Gasteiger partial charge in [0, 0.05) is 44.0 Å². The van der Waals surface area contributed by atoms with E-state index in [0.29, 0.717) is 0 Å². The lowest BCUT2D eigenvalue weighted by Crippen LogP contribution is -2.33. The summed E-state index contributed by atoms with van der Waals surface area (Å²) in [5, 5.41) is 5.04. The Balaban J connectivity index is 0.945. The van der Waals surface area contributed by atoms with Crippen LogP contribution in [0.4, 0.5) is 17.1 Å². The summed E-state index contributed by atoms with van der Waals surface area (Å²) in [7, 11) is 0. The van der Waals surface area contributed by atoms with Crippen molar-refractivity contribution in [1.29, 1.82) is 0 Å². The SMILES string of the molecule is c1ccc(-c2ccccc2-c2ccccc2N(c2ccc(-c3ccc4c5ccccc5n(-c5ccccc5)c4c3)cc2)c2cccc3c2-c2ccccc2C32c3ccccc3-n3c4ccccc4c4cccc2c43)cc1. The first-order valence-corrected chi connectivity index (χ1v) is 26.3. The zero-order chi connectivity index (χ0) is 49.9. The number of fused-ring (bicyclic) bond motifs is 15. The topological polar surface area (TPSA) is 13.1 Å². The summed E-state index contributed by atoms with van der Waals surface area (Å²) in [6, 6.07) is 106. The molecule has 1 aliphatic carbocycles. The highest BCUT2D eigenvalue weighted by Crippen LogP contribution is 2.63. The zero-order valence-corrected chi connectivity index (χ0v) is 41.5. The van der Waals surface area contributed by atoms with Crippen LogP contribution >= 0.6 is 0 Å². The molecule has 0 amide bonds. The molecule has 0 bridgehead atoms. The first-order chi connectivity index (χ1) is 37.8. The van der Waals surface area contributed by atoms with Crippen LogP contribution in [0.15, 0.2) is 285 Å². The summed E-state index contributed by atoms with van der Waals surface area (Å²) >= 11 is 0. The maximum absolute atomic E-state index is 2.54. The monoisotopic (exact) mass is 965 g/mol. The van der Waals surface area contributed by atoms with Crippen molar-refractivity contribution >= 4 is 60.7 Å². The molecule has 0 N–H and O–H groups in total. The number of benzene rings is 12. The van der Waals surface area contributed by atoms with Crippen molar-refractivity contribution in [2.45, 2.75) is 5.41 Å². The number of hydrogen-bond donors (Lipinski definition) is 0. The fourth-order valence-corrected chi connectivity index (χ4v) is 13.5. The summed E-state index contributed by atoms with van der Waals surface area (Å²) < 4.78 is 4.93. The average Bonchev–Trinajstić information content (AvgIpc) is 4.15. The Labute approximate surface area is 441 Å². The van der Waals surface area contributed by atoms with Gasteiger partial charge in [0.25, 0.3) is 0 Å². The first-order valence-electron chi connectivity index (χ1n) is 26.3. The minimum Gasteiger partial charge on any atom is -0.309 e. The van der Waals surface area contributed by atoms with E-state index in [1.54, 1.807) is 0 Å².